The Hall–Kier alpha value is -1.88. The first kappa shape index (κ1) is 15.5. The maximum absolute atomic E-state index is 12.4. The van der Waals surface area contributed by atoms with Crippen LogP contribution in [0, 0.1) is 0 Å². The number of anilines is 1. The largest absolute Gasteiger partial charge is 0.376 e. The Bertz CT molecular complexity index is 510. The highest BCUT2D eigenvalue weighted by atomic mass is 16.5. The lowest BCUT2D eigenvalue weighted by molar-refractivity contribution is -0.114. The maximum Gasteiger partial charge on any atom is 0.253 e. The summed E-state index contributed by atoms with van der Waals surface area (Å²) >= 11 is 0. The van der Waals surface area contributed by atoms with E-state index in [2.05, 4.69) is 5.32 Å². The van der Waals surface area contributed by atoms with Gasteiger partial charge in [0.25, 0.3) is 5.91 Å². The number of rotatable bonds is 4. The van der Waals surface area contributed by atoms with E-state index < -0.39 is 0 Å². The molecule has 2 rings (SSSR count). The molecule has 0 spiro atoms. The third-order valence-electron chi connectivity index (χ3n) is 3.53. The Morgan fingerprint density at radius 1 is 1.38 bits per heavy atom. The molecule has 5 heteroatoms. The molecule has 1 heterocycles. The predicted molar refractivity (Wildman–Crippen MR) is 81.3 cm³/mol. The molecule has 1 atom stereocenters. The molecule has 1 saturated heterocycles. The zero-order valence-electron chi connectivity index (χ0n) is 12.6. The first-order valence-corrected chi connectivity index (χ1v) is 7.31. The number of benzene rings is 1. The van der Waals surface area contributed by atoms with Crippen LogP contribution >= 0.6 is 0 Å². The molecule has 2 amide bonds. The lowest BCUT2D eigenvalue weighted by atomic mass is 10.1. The summed E-state index contributed by atoms with van der Waals surface area (Å²) in [6, 6.07) is 6.99. The third kappa shape index (κ3) is 4.56. The van der Waals surface area contributed by atoms with Crippen molar-refractivity contribution in [3.8, 4) is 0 Å². The van der Waals surface area contributed by atoms with Gasteiger partial charge in [0.2, 0.25) is 5.91 Å². The fraction of sp³-hybridized carbons (Fsp3) is 0.500. The van der Waals surface area contributed by atoms with Crippen LogP contribution < -0.4 is 5.32 Å². The highest BCUT2D eigenvalue weighted by Gasteiger charge is 2.19. The molecule has 0 saturated carbocycles. The fourth-order valence-corrected chi connectivity index (χ4v) is 2.49. The van der Waals surface area contributed by atoms with Crippen LogP contribution in [0.15, 0.2) is 24.3 Å². The van der Waals surface area contributed by atoms with Crippen molar-refractivity contribution in [1.82, 2.24) is 4.90 Å². The van der Waals surface area contributed by atoms with E-state index >= 15 is 0 Å². The van der Waals surface area contributed by atoms with E-state index in [1.807, 2.05) is 0 Å². The van der Waals surface area contributed by atoms with Gasteiger partial charge in [-0.3, -0.25) is 9.59 Å². The summed E-state index contributed by atoms with van der Waals surface area (Å²) < 4.78 is 5.66. The van der Waals surface area contributed by atoms with Gasteiger partial charge in [-0.2, -0.15) is 0 Å². The SMILES string of the molecule is CC(=O)Nc1cccc(C(=O)N(C)C[C@@H]2CCCCO2)c1. The Balaban J connectivity index is 1.99. The maximum atomic E-state index is 12.4. The number of amides is 2. The standard InChI is InChI=1S/C16H22N2O3/c1-12(19)17-14-7-5-6-13(10-14)16(20)18(2)11-15-8-3-4-9-21-15/h5-7,10,15H,3-4,8-9,11H2,1-2H3,(H,17,19)/t15-/m0/s1. The second-order valence-electron chi connectivity index (χ2n) is 5.44. The smallest absolute Gasteiger partial charge is 0.253 e. The zero-order valence-corrected chi connectivity index (χ0v) is 12.6. The van der Waals surface area contributed by atoms with Crippen LogP contribution in [-0.2, 0) is 9.53 Å². The van der Waals surface area contributed by atoms with E-state index in [1.54, 1.807) is 36.2 Å². The van der Waals surface area contributed by atoms with E-state index in [-0.39, 0.29) is 17.9 Å². The van der Waals surface area contributed by atoms with Crippen molar-refractivity contribution in [2.45, 2.75) is 32.3 Å². The average Bonchev–Trinajstić information content (AvgIpc) is 2.47. The molecule has 1 N–H and O–H groups in total. The molecule has 114 valence electrons. The summed E-state index contributed by atoms with van der Waals surface area (Å²) in [4.78, 5) is 25.2. The van der Waals surface area contributed by atoms with Gasteiger partial charge in [-0.15, -0.1) is 0 Å². The Morgan fingerprint density at radius 2 is 2.19 bits per heavy atom. The molecule has 0 bridgehead atoms. The first-order valence-electron chi connectivity index (χ1n) is 7.31. The number of hydrogen-bond donors (Lipinski definition) is 1. The second kappa shape index (κ2) is 7.22. The normalized spacial score (nSPS) is 18.1. The molecular formula is C16H22N2O3. The summed E-state index contributed by atoms with van der Waals surface area (Å²) in [5.41, 5.74) is 1.20. The van der Waals surface area contributed by atoms with E-state index in [0.717, 1.165) is 25.9 Å². The number of ether oxygens (including phenoxy) is 1. The van der Waals surface area contributed by atoms with Crippen molar-refractivity contribution < 1.29 is 14.3 Å². The molecule has 1 aliphatic heterocycles. The van der Waals surface area contributed by atoms with E-state index in [1.165, 1.54) is 6.92 Å². The predicted octanol–water partition coefficient (Wildman–Crippen LogP) is 2.29. The summed E-state index contributed by atoms with van der Waals surface area (Å²) in [5.74, 6) is -0.208. The van der Waals surface area contributed by atoms with E-state index in [0.29, 0.717) is 17.8 Å². The number of carbonyl (C=O) groups excluding carboxylic acids is 2. The minimum absolute atomic E-state index is 0.0589. The number of nitrogens with one attached hydrogen (secondary N) is 1. The average molecular weight is 290 g/mol. The lowest BCUT2D eigenvalue weighted by Gasteiger charge is -2.27. The molecule has 1 aromatic carbocycles. The molecule has 0 aromatic heterocycles. The van der Waals surface area contributed by atoms with E-state index in [9.17, 15) is 9.59 Å². The van der Waals surface area contributed by atoms with Crippen molar-refractivity contribution in [1.29, 1.82) is 0 Å². The number of hydrogen-bond acceptors (Lipinski definition) is 3. The highest BCUT2D eigenvalue weighted by Crippen LogP contribution is 2.16. The van der Waals surface area contributed by atoms with Gasteiger partial charge in [0.15, 0.2) is 0 Å². The van der Waals surface area contributed by atoms with Crippen LogP contribution in [0.3, 0.4) is 0 Å². The van der Waals surface area contributed by atoms with Crippen LogP contribution in [0.5, 0.6) is 0 Å². The summed E-state index contributed by atoms with van der Waals surface area (Å²) in [5, 5.41) is 2.69. The molecule has 0 radical (unpaired) electrons. The molecule has 1 aromatic rings. The van der Waals surface area contributed by atoms with Gasteiger partial charge in [-0.1, -0.05) is 6.07 Å². The summed E-state index contributed by atoms with van der Waals surface area (Å²) in [6.07, 6.45) is 3.40. The van der Waals surface area contributed by atoms with Gasteiger partial charge in [-0.05, 0) is 37.5 Å². The van der Waals surface area contributed by atoms with Gasteiger partial charge < -0.3 is 15.0 Å². The molecule has 1 aliphatic rings. The van der Waals surface area contributed by atoms with Crippen molar-refractivity contribution in [2.24, 2.45) is 0 Å². The van der Waals surface area contributed by atoms with Crippen LogP contribution in [-0.4, -0.2) is 43.0 Å². The van der Waals surface area contributed by atoms with Crippen molar-refractivity contribution in [3.05, 3.63) is 29.8 Å². The minimum atomic E-state index is -0.149. The topological polar surface area (TPSA) is 58.6 Å². The molecule has 5 nitrogen and oxygen atoms in total. The molecule has 0 unspecified atom stereocenters. The first-order chi connectivity index (χ1) is 10.1. The van der Waals surface area contributed by atoms with Crippen LogP contribution in [0.25, 0.3) is 0 Å². The Morgan fingerprint density at radius 3 is 2.86 bits per heavy atom. The molecule has 21 heavy (non-hydrogen) atoms. The van der Waals surface area contributed by atoms with Crippen LogP contribution in [0.1, 0.15) is 36.5 Å². The number of nitrogens with zero attached hydrogens (tertiary/aromatic N) is 1. The van der Waals surface area contributed by atoms with Crippen molar-refractivity contribution in [2.75, 3.05) is 25.5 Å². The Labute approximate surface area is 125 Å². The second-order valence-corrected chi connectivity index (χ2v) is 5.44. The van der Waals surface area contributed by atoms with Gasteiger partial charge in [-0.25, -0.2) is 0 Å². The van der Waals surface area contributed by atoms with Crippen LogP contribution in [0.2, 0.25) is 0 Å². The number of carbonyl (C=O) groups is 2. The van der Waals surface area contributed by atoms with Crippen molar-refractivity contribution in [3.63, 3.8) is 0 Å². The molecular weight excluding hydrogens is 268 g/mol. The number of likely N-dealkylation sites (N-methyl/N-ethyl adjacent to an activating group) is 1. The minimum Gasteiger partial charge on any atom is -0.376 e. The fourth-order valence-electron chi connectivity index (χ4n) is 2.49. The van der Waals surface area contributed by atoms with Gasteiger partial charge >= 0.3 is 0 Å². The molecule has 0 aliphatic carbocycles. The summed E-state index contributed by atoms with van der Waals surface area (Å²) in [7, 11) is 1.78. The third-order valence-corrected chi connectivity index (χ3v) is 3.53. The van der Waals surface area contributed by atoms with Crippen molar-refractivity contribution >= 4 is 17.5 Å². The summed E-state index contributed by atoms with van der Waals surface area (Å²) in [6.45, 7) is 2.83. The Kier molecular flexibility index (Phi) is 5.33. The quantitative estimate of drug-likeness (QED) is 0.925. The van der Waals surface area contributed by atoms with Gasteiger partial charge in [0.05, 0.1) is 6.10 Å². The van der Waals surface area contributed by atoms with E-state index in [4.69, 9.17) is 4.74 Å². The molecule has 1 fully saturated rings. The van der Waals surface area contributed by atoms with Gasteiger partial charge in [0, 0.05) is 38.4 Å². The van der Waals surface area contributed by atoms with Gasteiger partial charge in [0.1, 0.15) is 0 Å². The zero-order chi connectivity index (χ0) is 15.2. The monoisotopic (exact) mass is 290 g/mol. The highest BCUT2D eigenvalue weighted by molar-refractivity contribution is 5.96. The lowest BCUT2D eigenvalue weighted by Crippen LogP contribution is -2.37. The van der Waals surface area contributed by atoms with Crippen LogP contribution in [0.4, 0.5) is 5.69 Å².